The van der Waals surface area contributed by atoms with E-state index in [-0.39, 0.29) is 41.6 Å². The van der Waals surface area contributed by atoms with Crippen LogP contribution in [0.15, 0.2) is 45.7 Å². The number of aryl methyl sites for hydroxylation is 1. The molecule has 0 amide bonds. The molecule has 7 nitrogen and oxygen atoms in total. The highest BCUT2D eigenvalue weighted by Gasteiger charge is 2.17. The minimum atomic E-state index is -1.06. The summed E-state index contributed by atoms with van der Waals surface area (Å²) in [7, 11) is 0. The van der Waals surface area contributed by atoms with Gasteiger partial charge >= 0.3 is 5.76 Å². The van der Waals surface area contributed by atoms with Crippen molar-refractivity contribution in [3.63, 3.8) is 0 Å². The van der Waals surface area contributed by atoms with E-state index in [1.165, 1.54) is 18.2 Å². The van der Waals surface area contributed by atoms with E-state index < -0.39 is 23.2 Å². The molecule has 0 aliphatic carbocycles. The Morgan fingerprint density at radius 2 is 1.88 bits per heavy atom. The van der Waals surface area contributed by atoms with E-state index in [1.54, 1.807) is 19.9 Å². The lowest BCUT2D eigenvalue weighted by Gasteiger charge is -2.15. The minimum absolute atomic E-state index is 0.0151. The van der Waals surface area contributed by atoms with Crippen LogP contribution in [0.5, 0.6) is 11.5 Å². The Labute approximate surface area is 185 Å². The van der Waals surface area contributed by atoms with Gasteiger partial charge < -0.3 is 9.84 Å². The predicted octanol–water partition coefficient (Wildman–Crippen LogP) is 4.33. The number of ether oxygens (including phenoxy) is 1. The summed E-state index contributed by atoms with van der Waals surface area (Å²) in [5, 5.41) is 13.6. The lowest BCUT2D eigenvalue weighted by atomic mass is 9.97. The molecule has 4 rings (SSSR count). The summed E-state index contributed by atoms with van der Waals surface area (Å²) in [6.07, 6.45) is 0.225. The molecule has 0 aliphatic heterocycles. The van der Waals surface area contributed by atoms with Crippen LogP contribution in [0.25, 0.3) is 11.3 Å². The average Bonchev–Trinajstić information content (AvgIpc) is 3.21. The van der Waals surface area contributed by atoms with E-state index >= 15 is 0 Å². The van der Waals surface area contributed by atoms with Gasteiger partial charge in [-0.15, -0.1) is 0 Å². The summed E-state index contributed by atoms with van der Waals surface area (Å²) in [5.41, 5.74) is 2.51. The van der Waals surface area contributed by atoms with E-state index in [9.17, 15) is 23.1 Å². The number of hydrogen-bond acceptors (Lipinski definition) is 6. The second-order valence-electron chi connectivity index (χ2n) is 7.42. The van der Waals surface area contributed by atoms with Crippen molar-refractivity contribution in [1.82, 2.24) is 15.1 Å². The number of aromatic nitrogens is 3. The maximum Gasteiger partial charge on any atom is 0.439 e. The van der Waals surface area contributed by atoms with Crippen LogP contribution in [0.1, 0.15) is 28.2 Å². The largest absolute Gasteiger partial charge is 0.506 e. The molecule has 2 aromatic carbocycles. The van der Waals surface area contributed by atoms with E-state index in [2.05, 4.69) is 19.6 Å². The van der Waals surface area contributed by atoms with Crippen molar-refractivity contribution >= 4 is 0 Å². The first-order chi connectivity index (χ1) is 15.7. The van der Waals surface area contributed by atoms with Crippen LogP contribution in [0.2, 0.25) is 0 Å². The number of nitrogens with zero attached hydrogens (tertiary/aromatic N) is 2. The topological polar surface area (TPSA) is 101 Å². The second-order valence-corrected chi connectivity index (χ2v) is 7.42. The molecule has 0 radical (unpaired) electrons. The molecule has 0 unspecified atom stereocenters. The van der Waals surface area contributed by atoms with Crippen LogP contribution in [-0.4, -0.2) is 20.2 Å². The van der Waals surface area contributed by atoms with E-state index in [1.807, 2.05) is 0 Å². The third-order valence-electron chi connectivity index (χ3n) is 5.15. The number of aromatic hydroxyl groups is 1. The monoisotopic (exact) mass is 457 g/mol. The molecule has 2 N–H and O–H groups in total. The van der Waals surface area contributed by atoms with Gasteiger partial charge in [0.25, 0.3) is 0 Å². The van der Waals surface area contributed by atoms with Gasteiger partial charge in [0.15, 0.2) is 29.0 Å². The Hall–Kier alpha value is -4.08. The van der Waals surface area contributed by atoms with Crippen molar-refractivity contribution in [2.45, 2.75) is 26.9 Å². The predicted molar refractivity (Wildman–Crippen MR) is 111 cm³/mol. The molecule has 4 aromatic rings. The van der Waals surface area contributed by atoms with Crippen molar-refractivity contribution in [1.29, 1.82) is 0 Å². The molecule has 2 heterocycles. The van der Waals surface area contributed by atoms with Crippen LogP contribution in [0.4, 0.5) is 13.2 Å². The Balaban J connectivity index is 1.61. The van der Waals surface area contributed by atoms with Crippen molar-refractivity contribution in [3.05, 3.63) is 92.6 Å². The van der Waals surface area contributed by atoms with Gasteiger partial charge in [-0.1, -0.05) is 5.16 Å². The summed E-state index contributed by atoms with van der Waals surface area (Å²) in [6.45, 7) is 3.19. The first-order valence-electron chi connectivity index (χ1n) is 9.83. The number of benzene rings is 2. The molecule has 0 saturated carbocycles. The molecule has 0 aliphatic rings. The number of hydrogen-bond donors (Lipinski definition) is 2. The Bertz CT molecular complexity index is 1400. The van der Waals surface area contributed by atoms with Crippen LogP contribution in [-0.2, 0) is 13.0 Å². The van der Waals surface area contributed by atoms with Crippen molar-refractivity contribution < 1.29 is 27.5 Å². The molecule has 0 spiro atoms. The zero-order chi connectivity index (χ0) is 23.7. The number of aromatic amines is 1. The van der Waals surface area contributed by atoms with Crippen LogP contribution in [0, 0.1) is 31.3 Å². The SMILES string of the molecule is Cc1cc(OCc2noc(=O)[nH]2)c(F)c(C)c1Cc1ccc(O)c(-c2ccc(F)c(F)c2)n1. The molecular formula is C23H18F3N3O4. The molecule has 0 saturated heterocycles. The van der Waals surface area contributed by atoms with Gasteiger partial charge in [0, 0.05) is 17.7 Å². The number of nitrogens with one attached hydrogen (secondary N) is 1. The molecule has 0 atom stereocenters. The number of halogens is 3. The lowest BCUT2D eigenvalue weighted by Crippen LogP contribution is -2.06. The summed E-state index contributed by atoms with van der Waals surface area (Å²) < 4.78 is 51.7. The molecule has 10 heteroatoms. The first kappa shape index (κ1) is 22.1. The summed E-state index contributed by atoms with van der Waals surface area (Å²) >= 11 is 0. The quantitative estimate of drug-likeness (QED) is 0.447. The summed E-state index contributed by atoms with van der Waals surface area (Å²) in [6, 6.07) is 7.71. The fraction of sp³-hybridized carbons (Fsp3) is 0.174. The van der Waals surface area contributed by atoms with Crippen molar-refractivity contribution in [2.75, 3.05) is 0 Å². The number of pyridine rings is 1. The van der Waals surface area contributed by atoms with Gasteiger partial charge in [-0.2, -0.15) is 0 Å². The van der Waals surface area contributed by atoms with Crippen LogP contribution in [0.3, 0.4) is 0 Å². The first-order valence-corrected chi connectivity index (χ1v) is 9.83. The molecule has 0 bridgehead atoms. The third-order valence-corrected chi connectivity index (χ3v) is 5.15. The zero-order valence-electron chi connectivity index (χ0n) is 17.6. The smallest absolute Gasteiger partial charge is 0.439 e. The third kappa shape index (κ3) is 4.59. The highest BCUT2D eigenvalue weighted by Crippen LogP contribution is 2.32. The Morgan fingerprint density at radius 1 is 1.09 bits per heavy atom. The van der Waals surface area contributed by atoms with Gasteiger partial charge in [0.2, 0.25) is 0 Å². The maximum absolute atomic E-state index is 15.0. The minimum Gasteiger partial charge on any atom is -0.506 e. The van der Waals surface area contributed by atoms with Crippen LogP contribution >= 0.6 is 0 Å². The maximum atomic E-state index is 15.0. The Kier molecular flexibility index (Phi) is 5.91. The fourth-order valence-electron chi connectivity index (χ4n) is 3.43. The van der Waals surface area contributed by atoms with Gasteiger partial charge in [-0.3, -0.25) is 9.51 Å². The summed E-state index contributed by atoms with van der Waals surface area (Å²) in [4.78, 5) is 17.7. The van der Waals surface area contributed by atoms with E-state index in [4.69, 9.17) is 4.74 Å². The Morgan fingerprint density at radius 3 is 2.58 bits per heavy atom. The summed E-state index contributed by atoms with van der Waals surface area (Å²) in [5.74, 6) is -3.47. The van der Waals surface area contributed by atoms with Crippen molar-refractivity contribution in [2.24, 2.45) is 0 Å². The number of H-pyrrole nitrogens is 1. The van der Waals surface area contributed by atoms with Gasteiger partial charge in [0.1, 0.15) is 18.1 Å². The van der Waals surface area contributed by atoms with Crippen LogP contribution < -0.4 is 10.5 Å². The highest BCUT2D eigenvalue weighted by molar-refractivity contribution is 5.66. The molecule has 0 fully saturated rings. The lowest BCUT2D eigenvalue weighted by molar-refractivity contribution is 0.271. The average molecular weight is 457 g/mol. The van der Waals surface area contributed by atoms with E-state index in [0.29, 0.717) is 16.8 Å². The standard InChI is InChI=1S/C23H18F3N3O4/c1-11-7-19(32-10-20-28-23(31)33-29-20)21(26)12(2)15(11)9-14-4-6-18(30)22(27-14)13-3-5-16(24)17(25)8-13/h3-8,30H,9-10H2,1-2H3,(H,28,29,31). The number of rotatable bonds is 6. The van der Waals surface area contributed by atoms with Gasteiger partial charge in [0.05, 0.1) is 0 Å². The zero-order valence-corrected chi connectivity index (χ0v) is 17.6. The fourth-order valence-corrected chi connectivity index (χ4v) is 3.43. The molecule has 170 valence electrons. The van der Waals surface area contributed by atoms with E-state index in [0.717, 1.165) is 17.7 Å². The highest BCUT2D eigenvalue weighted by atomic mass is 19.2. The van der Waals surface area contributed by atoms with Crippen molar-refractivity contribution in [3.8, 4) is 22.8 Å². The van der Waals surface area contributed by atoms with Gasteiger partial charge in [-0.25, -0.2) is 22.9 Å². The molecule has 33 heavy (non-hydrogen) atoms. The van der Waals surface area contributed by atoms with Gasteiger partial charge in [-0.05, 0) is 66.9 Å². The molecule has 2 aromatic heterocycles. The normalized spacial score (nSPS) is 11.1. The second kappa shape index (κ2) is 8.81. The molecular weight excluding hydrogens is 439 g/mol.